The number of carbonyl (C=O) groups is 1. The minimum absolute atomic E-state index is 0.139. The molecule has 1 rings (SSSR count). The highest BCUT2D eigenvalue weighted by atomic mass is 32.3. The molecule has 1 N–H and O–H groups in total. The number of carboxylic acid groups (broad SMARTS) is 1. The third-order valence-corrected chi connectivity index (χ3v) is 3.46. The number of hydrogen-bond acceptors (Lipinski definition) is 4. The maximum absolute atomic E-state index is 12.4. The molecular formula is C6H5FO4S2. The van der Waals surface area contributed by atoms with Gasteiger partial charge in [0.1, 0.15) is 9.77 Å². The molecule has 0 bridgehead atoms. The van der Waals surface area contributed by atoms with Crippen LogP contribution in [0, 0.1) is 6.92 Å². The van der Waals surface area contributed by atoms with E-state index >= 15 is 0 Å². The predicted molar refractivity (Wildman–Crippen MR) is 44.3 cm³/mol. The number of carboxylic acids is 1. The second kappa shape index (κ2) is 3.08. The van der Waals surface area contributed by atoms with Gasteiger partial charge in [-0.3, -0.25) is 0 Å². The lowest BCUT2D eigenvalue weighted by molar-refractivity contribution is 0.0702. The second-order valence-electron chi connectivity index (χ2n) is 2.27. The fourth-order valence-corrected chi connectivity index (χ4v) is 2.67. The molecule has 0 spiro atoms. The highest BCUT2D eigenvalue weighted by Crippen LogP contribution is 2.26. The van der Waals surface area contributed by atoms with Gasteiger partial charge in [0.15, 0.2) is 0 Å². The molecule has 0 saturated carbocycles. The van der Waals surface area contributed by atoms with Crippen LogP contribution < -0.4 is 0 Å². The maximum Gasteiger partial charge on any atom is 0.345 e. The summed E-state index contributed by atoms with van der Waals surface area (Å²) < 4.78 is 33.3. The van der Waals surface area contributed by atoms with Crippen LogP contribution in [0.4, 0.5) is 3.89 Å². The zero-order chi connectivity index (χ0) is 10.2. The quantitative estimate of drug-likeness (QED) is 0.771. The Balaban J connectivity index is 3.35. The van der Waals surface area contributed by atoms with Crippen molar-refractivity contribution in [1.82, 2.24) is 0 Å². The molecule has 0 atom stereocenters. The van der Waals surface area contributed by atoms with Crippen LogP contribution in [0.1, 0.15) is 14.5 Å². The van der Waals surface area contributed by atoms with Crippen LogP contribution in [0.15, 0.2) is 11.0 Å². The molecule has 0 aliphatic heterocycles. The average molecular weight is 224 g/mol. The van der Waals surface area contributed by atoms with Crippen LogP contribution in [0.5, 0.6) is 0 Å². The zero-order valence-electron chi connectivity index (χ0n) is 6.44. The van der Waals surface area contributed by atoms with Crippen LogP contribution in [0.25, 0.3) is 0 Å². The molecule has 1 aromatic rings. The van der Waals surface area contributed by atoms with Gasteiger partial charge in [0.05, 0.1) is 0 Å². The highest BCUT2D eigenvalue weighted by molar-refractivity contribution is 7.86. The molecule has 0 amide bonds. The number of hydrogen-bond donors (Lipinski definition) is 1. The zero-order valence-corrected chi connectivity index (χ0v) is 8.08. The summed E-state index contributed by atoms with van der Waals surface area (Å²) in [6, 6.07) is 0.817. The minimum Gasteiger partial charge on any atom is -0.477 e. The van der Waals surface area contributed by atoms with Crippen LogP contribution in [-0.2, 0) is 10.2 Å². The topological polar surface area (TPSA) is 71.4 Å². The lowest BCUT2D eigenvalue weighted by atomic mass is 10.4. The smallest absolute Gasteiger partial charge is 0.345 e. The van der Waals surface area contributed by atoms with Gasteiger partial charge in [-0.05, 0) is 13.0 Å². The largest absolute Gasteiger partial charge is 0.477 e. The van der Waals surface area contributed by atoms with Crippen molar-refractivity contribution in [3.63, 3.8) is 0 Å². The molecule has 4 nitrogen and oxygen atoms in total. The van der Waals surface area contributed by atoms with Crippen molar-refractivity contribution in [1.29, 1.82) is 0 Å². The molecule has 0 aliphatic rings. The first kappa shape index (κ1) is 10.1. The molecule has 1 heterocycles. The summed E-state index contributed by atoms with van der Waals surface area (Å²) in [4.78, 5) is 9.78. The fraction of sp³-hybridized carbons (Fsp3) is 0.167. The summed E-state index contributed by atoms with van der Waals surface area (Å²) >= 11 is 0.731. The number of thiophene rings is 1. The summed E-state index contributed by atoms with van der Waals surface area (Å²) in [7, 11) is -4.80. The van der Waals surface area contributed by atoms with Gasteiger partial charge in [-0.2, -0.15) is 8.42 Å². The van der Waals surface area contributed by atoms with Gasteiger partial charge in [-0.15, -0.1) is 15.2 Å². The standard InChI is InChI=1S/C6H5FO4S2/c1-3-5(13(7,10)11)2-4(12-3)6(8)9/h2H,1H3,(H,8,9). The normalized spacial score (nSPS) is 11.5. The third kappa shape index (κ3) is 2.04. The van der Waals surface area contributed by atoms with Crippen molar-refractivity contribution in [2.45, 2.75) is 11.8 Å². The Morgan fingerprint density at radius 3 is 2.38 bits per heavy atom. The van der Waals surface area contributed by atoms with Gasteiger partial charge in [0.25, 0.3) is 0 Å². The van der Waals surface area contributed by atoms with E-state index in [-0.39, 0.29) is 9.75 Å². The molecule has 0 radical (unpaired) electrons. The van der Waals surface area contributed by atoms with E-state index in [1.165, 1.54) is 6.92 Å². The molecule has 0 aromatic carbocycles. The molecular weight excluding hydrogens is 219 g/mol. The van der Waals surface area contributed by atoms with Crippen LogP contribution in [0.3, 0.4) is 0 Å². The first-order valence-corrected chi connectivity index (χ1v) is 5.31. The third-order valence-electron chi connectivity index (χ3n) is 1.35. The monoisotopic (exact) mass is 224 g/mol. The van der Waals surface area contributed by atoms with E-state index in [4.69, 9.17) is 5.11 Å². The lowest BCUT2D eigenvalue weighted by Crippen LogP contribution is -1.93. The van der Waals surface area contributed by atoms with Gasteiger partial charge in [0, 0.05) is 4.88 Å². The van der Waals surface area contributed by atoms with Gasteiger partial charge in [-0.25, -0.2) is 4.79 Å². The van der Waals surface area contributed by atoms with E-state index in [0.717, 1.165) is 17.4 Å². The fourth-order valence-electron chi connectivity index (χ4n) is 0.813. The van der Waals surface area contributed by atoms with Crippen molar-refractivity contribution in [3.05, 3.63) is 15.8 Å². The lowest BCUT2D eigenvalue weighted by Gasteiger charge is -1.88. The van der Waals surface area contributed by atoms with Gasteiger partial charge < -0.3 is 5.11 Å². The van der Waals surface area contributed by atoms with Crippen molar-refractivity contribution in [2.75, 3.05) is 0 Å². The van der Waals surface area contributed by atoms with E-state index < -0.39 is 21.1 Å². The van der Waals surface area contributed by atoms with Crippen LogP contribution in [-0.4, -0.2) is 19.5 Å². The van der Waals surface area contributed by atoms with Gasteiger partial charge >= 0.3 is 16.2 Å². The first-order chi connectivity index (χ1) is 5.82. The summed E-state index contributed by atoms with van der Waals surface area (Å²) in [6.07, 6.45) is 0. The van der Waals surface area contributed by atoms with E-state index in [0.29, 0.717) is 0 Å². The predicted octanol–water partition coefficient (Wildman–Crippen LogP) is 1.41. The summed E-state index contributed by atoms with van der Waals surface area (Å²) in [6.45, 7) is 1.35. The van der Waals surface area contributed by atoms with Crippen molar-refractivity contribution < 1.29 is 22.2 Å². The van der Waals surface area contributed by atoms with Crippen molar-refractivity contribution >= 4 is 27.5 Å². The summed E-state index contributed by atoms with van der Waals surface area (Å²) in [5.74, 6) is -1.26. The van der Waals surface area contributed by atoms with Crippen molar-refractivity contribution in [3.8, 4) is 0 Å². The summed E-state index contributed by atoms with van der Waals surface area (Å²) in [5, 5.41) is 8.48. The molecule has 0 saturated heterocycles. The van der Waals surface area contributed by atoms with E-state index in [1.54, 1.807) is 0 Å². The van der Waals surface area contributed by atoms with E-state index in [2.05, 4.69) is 0 Å². The molecule has 7 heteroatoms. The highest BCUT2D eigenvalue weighted by Gasteiger charge is 2.20. The minimum atomic E-state index is -4.80. The maximum atomic E-state index is 12.4. The first-order valence-electron chi connectivity index (χ1n) is 3.11. The molecule has 72 valence electrons. The Morgan fingerprint density at radius 2 is 2.15 bits per heavy atom. The Bertz CT molecular complexity index is 445. The number of aromatic carboxylic acids is 1. The van der Waals surface area contributed by atoms with Crippen LogP contribution in [0.2, 0.25) is 0 Å². The molecule has 0 fully saturated rings. The van der Waals surface area contributed by atoms with E-state index in [1.807, 2.05) is 0 Å². The number of aryl methyl sites for hydroxylation is 1. The molecule has 0 unspecified atom stereocenters. The van der Waals surface area contributed by atoms with Gasteiger partial charge in [0.2, 0.25) is 0 Å². The van der Waals surface area contributed by atoms with Crippen molar-refractivity contribution in [2.24, 2.45) is 0 Å². The van der Waals surface area contributed by atoms with Crippen LogP contribution >= 0.6 is 11.3 Å². The van der Waals surface area contributed by atoms with E-state index in [9.17, 15) is 17.1 Å². The second-order valence-corrected chi connectivity index (χ2v) is 4.85. The number of rotatable bonds is 2. The molecule has 1 aromatic heterocycles. The Morgan fingerprint density at radius 1 is 1.62 bits per heavy atom. The Hall–Kier alpha value is -0.950. The van der Waals surface area contributed by atoms with Gasteiger partial charge in [-0.1, -0.05) is 0 Å². The Kier molecular flexibility index (Phi) is 2.40. The number of halogens is 1. The average Bonchev–Trinajstić information content (AvgIpc) is 2.29. The SMILES string of the molecule is Cc1sc(C(=O)O)cc1S(=O)(=O)F. The molecule has 13 heavy (non-hydrogen) atoms. The molecule has 0 aliphatic carbocycles. The summed E-state index contributed by atoms with van der Waals surface area (Å²) in [5.41, 5.74) is 0. The Labute approximate surface area is 77.8 Å².